The van der Waals surface area contributed by atoms with Gasteiger partial charge in [0, 0.05) is 6.54 Å². The topological polar surface area (TPSA) is 38.0 Å². The van der Waals surface area contributed by atoms with Gasteiger partial charge in [-0.05, 0) is 24.5 Å². The second kappa shape index (κ2) is 7.96. The molecule has 0 fully saturated rings. The van der Waals surface area contributed by atoms with Gasteiger partial charge in [0.1, 0.15) is 5.82 Å². The Kier molecular flexibility index (Phi) is 6.55. The van der Waals surface area contributed by atoms with Crippen LogP contribution in [0, 0.1) is 11.7 Å². The normalized spacial score (nSPS) is 10.9. The lowest BCUT2D eigenvalue weighted by atomic mass is 10.0. The zero-order chi connectivity index (χ0) is 13.4. The maximum Gasteiger partial charge on any atom is 0.148 e. The molecule has 3 heteroatoms. The van der Waals surface area contributed by atoms with Crippen molar-refractivity contribution < 1.29 is 4.39 Å². The van der Waals surface area contributed by atoms with Crippen LogP contribution in [-0.2, 0) is 0 Å². The molecule has 0 aliphatic heterocycles. The summed E-state index contributed by atoms with van der Waals surface area (Å²) in [6.45, 7) is 5.37. The molecule has 0 bridgehead atoms. The molecule has 2 nitrogen and oxygen atoms in total. The zero-order valence-corrected chi connectivity index (χ0v) is 11.5. The molecule has 0 saturated carbocycles. The summed E-state index contributed by atoms with van der Waals surface area (Å²) < 4.78 is 13.2. The van der Waals surface area contributed by atoms with Crippen molar-refractivity contribution in [2.45, 2.75) is 46.0 Å². The Hall–Kier alpha value is -1.25. The van der Waals surface area contributed by atoms with Crippen molar-refractivity contribution in [2.75, 3.05) is 17.6 Å². The van der Waals surface area contributed by atoms with Gasteiger partial charge in [-0.2, -0.15) is 0 Å². The summed E-state index contributed by atoms with van der Waals surface area (Å²) in [5, 5.41) is 3.19. The van der Waals surface area contributed by atoms with Crippen LogP contribution in [0.1, 0.15) is 46.0 Å². The summed E-state index contributed by atoms with van der Waals surface area (Å²) in [6.07, 6.45) is 6.21. The van der Waals surface area contributed by atoms with Gasteiger partial charge in [-0.1, -0.05) is 45.6 Å². The van der Waals surface area contributed by atoms with Crippen molar-refractivity contribution in [3.63, 3.8) is 0 Å². The smallest absolute Gasteiger partial charge is 0.148 e. The average Bonchev–Trinajstić information content (AvgIpc) is 2.32. The van der Waals surface area contributed by atoms with Crippen LogP contribution in [0.5, 0.6) is 0 Å². The molecule has 0 spiro atoms. The highest BCUT2D eigenvalue weighted by molar-refractivity contribution is 5.66. The maximum absolute atomic E-state index is 13.2. The van der Waals surface area contributed by atoms with Gasteiger partial charge >= 0.3 is 0 Å². The number of para-hydroxylation sites is 1. The van der Waals surface area contributed by atoms with Crippen LogP contribution in [0.25, 0.3) is 0 Å². The number of unbranched alkanes of at least 4 members (excludes halogenated alkanes) is 3. The molecule has 1 rings (SSSR count). The molecule has 0 atom stereocenters. The van der Waals surface area contributed by atoms with E-state index in [1.54, 1.807) is 6.07 Å². The number of halogens is 1. The number of rotatable bonds is 8. The Morgan fingerprint density at radius 1 is 1.17 bits per heavy atom. The molecule has 18 heavy (non-hydrogen) atoms. The zero-order valence-electron chi connectivity index (χ0n) is 11.5. The molecule has 0 aliphatic rings. The predicted octanol–water partition coefficient (Wildman–Crippen LogP) is 4.43. The van der Waals surface area contributed by atoms with Crippen LogP contribution in [0.2, 0.25) is 0 Å². The van der Waals surface area contributed by atoms with E-state index in [1.807, 2.05) is 6.07 Å². The summed E-state index contributed by atoms with van der Waals surface area (Å²) in [5.41, 5.74) is 6.57. The molecule has 0 aliphatic carbocycles. The van der Waals surface area contributed by atoms with Crippen LogP contribution < -0.4 is 11.1 Å². The quantitative estimate of drug-likeness (QED) is 0.530. The Morgan fingerprint density at radius 2 is 1.89 bits per heavy atom. The van der Waals surface area contributed by atoms with E-state index in [9.17, 15) is 4.39 Å². The van der Waals surface area contributed by atoms with Gasteiger partial charge in [-0.25, -0.2) is 4.39 Å². The van der Waals surface area contributed by atoms with Crippen molar-refractivity contribution in [2.24, 2.45) is 5.92 Å². The second-order valence-electron chi connectivity index (χ2n) is 5.22. The van der Waals surface area contributed by atoms with Crippen molar-refractivity contribution >= 4 is 11.4 Å². The molecule has 0 unspecified atom stereocenters. The van der Waals surface area contributed by atoms with E-state index < -0.39 is 0 Å². The van der Waals surface area contributed by atoms with Crippen LogP contribution in [0.3, 0.4) is 0 Å². The number of nitrogens with two attached hydrogens (primary N) is 1. The van der Waals surface area contributed by atoms with E-state index >= 15 is 0 Å². The third kappa shape index (κ3) is 5.39. The predicted molar refractivity (Wildman–Crippen MR) is 77.2 cm³/mol. The first-order valence-electron chi connectivity index (χ1n) is 6.89. The molecule has 0 amide bonds. The van der Waals surface area contributed by atoms with E-state index in [0.29, 0.717) is 5.69 Å². The summed E-state index contributed by atoms with van der Waals surface area (Å²) in [4.78, 5) is 0. The third-order valence-electron chi connectivity index (χ3n) is 3.08. The molecule has 1 aromatic carbocycles. The SMILES string of the molecule is CC(C)CCCCCCNc1cccc(F)c1N. The first kappa shape index (κ1) is 14.8. The molecular weight excluding hydrogens is 227 g/mol. The number of hydrogen-bond donors (Lipinski definition) is 2. The average molecular weight is 252 g/mol. The van der Waals surface area contributed by atoms with E-state index in [0.717, 1.165) is 18.9 Å². The van der Waals surface area contributed by atoms with Gasteiger partial charge < -0.3 is 11.1 Å². The lowest BCUT2D eigenvalue weighted by Gasteiger charge is -2.09. The molecule has 1 aromatic rings. The maximum atomic E-state index is 13.2. The van der Waals surface area contributed by atoms with Crippen molar-refractivity contribution in [3.05, 3.63) is 24.0 Å². The van der Waals surface area contributed by atoms with Gasteiger partial charge in [0.2, 0.25) is 0 Å². The minimum Gasteiger partial charge on any atom is -0.395 e. The third-order valence-corrected chi connectivity index (χ3v) is 3.08. The van der Waals surface area contributed by atoms with Crippen LogP contribution in [0.15, 0.2) is 18.2 Å². The second-order valence-corrected chi connectivity index (χ2v) is 5.22. The monoisotopic (exact) mass is 252 g/mol. The number of nitrogens with one attached hydrogen (secondary N) is 1. The van der Waals surface area contributed by atoms with Crippen LogP contribution in [-0.4, -0.2) is 6.54 Å². The summed E-state index contributed by atoms with van der Waals surface area (Å²) >= 11 is 0. The van der Waals surface area contributed by atoms with Crippen molar-refractivity contribution in [3.8, 4) is 0 Å². The van der Waals surface area contributed by atoms with Gasteiger partial charge in [0.15, 0.2) is 0 Å². The van der Waals surface area contributed by atoms with Gasteiger partial charge in [0.25, 0.3) is 0 Å². The highest BCUT2D eigenvalue weighted by Crippen LogP contribution is 2.21. The lowest BCUT2D eigenvalue weighted by molar-refractivity contribution is 0.523. The van der Waals surface area contributed by atoms with E-state index in [4.69, 9.17) is 5.73 Å². The summed E-state index contributed by atoms with van der Waals surface area (Å²) in [7, 11) is 0. The highest BCUT2D eigenvalue weighted by Gasteiger charge is 2.02. The number of anilines is 2. The number of nitrogen functional groups attached to an aromatic ring is 1. The largest absolute Gasteiger partial charge is 0.395 e. The Balaban J connectivity index is 2.13. The van der Waals surface area contributed by atoms with Crippen LogP contribution >= 0.6 is 0 Å². The minimum atomic E-state index is -0.350. The molecule has 102 valence electrons. The Labute approximate surface area is 110 Å². The van der Waals surface area contributed by atoms with Crippen molar-refractivity contribution in [1.82, 2.24) is 0 Å². The van der Waals surface area contributed by atoms with Gasteiger partial charge in [-0.3, -0.25) is 0 Å². The van der Waals surface area contributed by atoms with E-state index in [-0.39, 0.29) is 11.5 Å². The fourth-order valence-electron chi connectivity index (χ4n) is 1.95. The van der Waals surface area contributed by atoms with Gasteiger partial charge in [0.05, 0.1) is 11.4 Å². The van der Waals surface area contributed by atoms with E-state index in [1.165, 1.54) is 31.7 Å². The summed E-state index contributed by atoms with van der Waals surface area (Å²) in [6, 6.07) is 4.88. The van der Waals surface area contributed by atoms with Gasteiger partial charge in [-0.15, -0.1) is 0 Å². The summed E-state index contributed by atoms with van der Waals surface area (Å²) in [5.74, 6) is 0.451. The molecule has 0 radical (unpaired) electrons. The molecule has 0 saturated heterocycles. The lowest BCUT2D eigenvalue weighted by Crippen LogP contribution is -2.05. The first-order chi connectivity index (χ1) is 8.61. The van der Waals surface area contributed by atoms with Crippen LogP contribution in [0.4, 0.5) is 15.8 Å². The molecule has 0 heterocycles. The molecule has 3 N–H and O–H groups in total. The fourth-order valence-corrected chi connectivity index (χ4v) is 1.95. The minimum absolute atomic E-state index is 0.220. The van der Waals surface area contributed by atoms with Crippen molar-refractivity contribution in [1.29, 1.82) is 0 Å². The van der Waals surface area contributed by atoms with E-state index in [2.05, 4.69) is 19.2 Å². The number of hydrogen-bond acceptors (Lipinski definition) is 2. The first-order valence-corrected chi connectivity index (χ1v) is 6.89. The Morgan fingerprint density at radius 3 is 2.61 bits per heavy atom. The Bertz CT molecular complexity index is 350. The molecule has 0 aromatic heterocycles. The fraction of sp³-hybridized carbons (Fsp3) is 0.600. The highest BCUT2D eigenvalue weighted by atomic mass is 19.1. The number of benzene rings is 1. The standard InChI is InChI=1S/C15H25FN2/c1-12(2)8-5-3-4-6-11-18-14-10-7-9-13(16)15(14)17/h7,9-10,12,18H,3-6,8,11,17H2,1-2H3. The molecular formula is C15H25FN2.